The summed E-state index contributed by atoms with van der Waals surface area (Å²) in [6.45, 7) is 1.83. The van der Waals surface area contributed by atoms with E-state index >= 15 is 0 Å². The van der Waals surface area contributed by atoms with E-state index in [0.717, 1.165) is 5.69 Å². The van der Waals surface area contributed by atoms with Gasteiger partial charge in [0, 0.05) is 0 Å². The number of aryl methyl sites for hydroxylation is 1. The molecule has 0 saturated carbocycles. The molecule has 0 atom stereocenters. The molecule has 18 heavy (non-hydrogen) atoms. The maximum Gasteiger partial charge on any atom is 0.256 e. The Kier molecular flexibility index (Phi) is 3.88. The number of nitrogens with two attached hydrogens (primary N) is 1. The topological polar surface area (TPSA) is 81.2 Å². The summed E-state index contributed by atoms with van der Waals surface area (Å²) >= 11 is 1.24. The Balaban J connectivity index is 1.88. The Hall–Kier alpha value is -1.95. The van der Waals surface area contributed by atoms with Crippen molar-refractivity contribution in [1.29, 1.82) is 0 Å². The molecule has 2 aromatic rings. The van der Waals surface area contributed by atoms with Gasteiger partial charge in [0.15, 0.2) is 0 Å². The number of carbonyl (C=O) groups excluding carboxylic acids is 1. The molecule has 94 valence electrons. The number of nitrogens with one attached hydrogen (secondary N) is 1. The van der Waals surface area contributed by atoms with Gasteiger partial charge in [-0.15, -0.1) is 0 Å². The number of thioether (sulfide) groups is 1. The summed E-state index contributed by atoms with van der Waals surface area (Å²) in [4.78, 5) is 15.8. The number of amides is 1. The van der Waals surface area contributed by atoms with Gasteiger partial charge in [-0.3, -0.25) is 4.79 Å². The average molecular weight is 263 g/mol. The molecular formula is C12H13N3O2S. The molecule has 5 nitrogen and oxygen atoms in total. The SMILES string of the molecule is Cc1coc(SCC(=O)Nc2ccccc2N)n1. The summed E-state index contributed by atoms with van der Waals surface area (Å²) in [6, 6.07) is 7.12. The van der Waals surface area contributed by atoms with Crippen LogP contribution in [0.2, 0.25) is 0 Å². The number of para-hydroxylation sites is 2. The predicted molar refractivity (Wildman–Crippen MR) is 71.4 cm³/mol. The largest absolute Gasteiger partial charge is 0.440 e. The van der Waals surface area contributed by atoms with Crippen LogP contribution in [0.4, 0.5) is 11.4 Å². The third kappa shape index (κ3) is 3.27. The van der Waals surface area contributed by atoms with Gasteiger partial charge in [0.2, 0.25) is 5.91 Å². The zero-order valence-corrected chi connectivity index (χ0v) is 10.7. The number of anilines is 2. The first-order valence-electron chi connectivity index (χ1n) is 5.34. The van der Waals surface area contributed by atoms with E-state index in [1.165, 1.54) is 11.8 Å². The van der Waals surface area contributed by atoms with Crippen LogP contribution in [0.1, 0.15) is 5.69 Å². The minimum atomic E-state index is -0.145. The van der Waals surface area contributed by atoms with Crippen molar-refractivity contribution < 1.29 is 9.21 Å². The molecule has 1 amide bonds. The van der Waals surface area contributed by atoms with Gasteiger partial charge in [0.25, 0.3) is 5.22 Å². The Morgan fingerprint density at radius 3 is 2.94 bits per heavy atom. The fourth-order valence-electron chi connectivity index (χ4n) is 1.32. The van der Waals surface area contributed by atoms with E-state index in [1.807, 2.05) is 19.1 Å². The second-order valence-corrected chi connectivity index (χ2v) is 4.61. The number of carbonyl (C=O) groups is 1. The zero-order chi connectivity index (χ0) is 13.0. The van der Waals surface area contributed by atoms with E-state index in [-0.39, 0.29) is 11.7 Å². The maximum atomic E-state index is 11.7. The van der Waals surface area contributed by atoms with E-state index in [9.17, 15) is 4.79 Å². The molecule has 0 spiro atoms. The van der Waals surface area contributed by atoms with Crippen molar-refractivity contribution in [3.05, 3.63) is 36.2 Å². The Labute approximate surface area is 109 Å². The number of aromatic nitrogens is 1. The maximum absolute atomic E-state index is 11.7. The molecular weight excluding hydrogens is 250 g/mol. The Bertz CT molecular complexity index is 554. The zero-order valence-electron chi connectivity index (χ0n) is 9.84. The Morgan fingerprint density at radius 1 is 1.50 bits per heavy atom. The molecule has 6 heteroatoms. The molecule has 0 fully saturated rings. The number of nitrogens with zero attached hydrogens (tertiary/aromatic N) is 1. The van der Waals surface area contributed by atoms with Gasteiger partial charge in [-0.25, -0.2) is 4.98 Å². The summed E-state index contributed by atoms with van der Waals surface area (Å²) in [5.74, 6) is 0.0858. The minimum absolute atomic E-state index is 0.145. The summed E-state index contributed by atoms with van der Waals surface area (Å²) in [7, 11) is 0. The van der Waals surface area contributed by atoms with Crippen molar-refractivity contribution in [2.75, 3.05) is 16.8 Å². The van der Waals surface area contributed by atoms with Crippen LogP contribution in [-0.2, 0) is 4.79 Å². The van der Waals surface area contributed by atoms with Crippen molar-refractivity contribution in [3.8, 4) is 0 Å². The highest BCUT2D eigenvalue weighted by Gasteiger charge is 2.08. The van der Waals surface area contributed by atoms with Gasteiger partial charge in [0.1, 0.15) is 6.26 Å². The van der Waals surface area contributed by atoms with Crippen LogP contribution < -0.4 is 11.1 Å². The molecule has 0 aliphatic heterocycles. The van der Waals surface area contributed by atoms with Crippen LogP contribution in [0.3, 0.4) is 0 Å². The van der Waals surface area contributed by atoms with Crippen LogP contribution in [0, 0.1) is 6.92 Å². The van der Waals surface area contributed by atoms with Crippen molar-refractivity contribution in [2.24, 2.45) is 0 Å². The highest BCUT2D eigenvalue weighted by atomic mass is 32.2. The molecule has 0 aliphatic carbocycles. The van der Waals surface area contributed by atoms with Crippen LogP contribution in [0.15, 0.2) is 40.2 Å². The van der Waals surface area contributed by atoms with E-state index in [2.05, 4.69) is 10.3 Å². The molecule has 0 unspecified atom stereocenters. The van der Waals surface area contributed by atoms with E-state index < -0.39 is 0 Å². The molecule has 0 radical (unpaired) electrons. The van der Waals surface area contributed by atoms with E-state index in [0.29, 0.717) is 16.6 Å². The van der Waals surface area contributed by atoms with Gasteiger partial charge in [-0.2, -0.15) is 0 Å². The first kappa shape index (κ1) is 12.5. The molecule has 0 aliphatic rings. The minimum Gasteiger partial charge on any atom is -0.440 e. The quantitative estimate of drug-likeness (QED) is 0.653. The van der Waals surface area contributed by atoms with Crippen molar-refractivity contribution in [3.63, 3.8) is 0 Å². The molecule has 3 N–H and O–H groups in total. The molecule has 0 bridgehead atoms. The number of hydrogen-bond donors (Lipinski definition) is 2. The number of benzene rings is 1. The van der Waals surface area contributed by atoms with Crippen LogP contribution in [0.25, 0.3) is 0 Å². The van der Waals surface area contributed by atoms with Crippen LogP contribution >= 0.6 is 11.8 Å². The molecule has 0 saturated heterocycles. The fraction of sp³-hybridized carbons (Fsp3) is 0.167. The van der Waals surface area contributed by atoms with Crippen LogP contribution in [0.5, 0.6) is 0 Å². The number of oxazole rings is 1. The van der Waals surface area contributed by atoms with E-state index in [1.54, 1.807) is 18.4 Å². The monoisotopic (exact) mass is 263 g/mol. The third-order valence-electron chi connectivity index (χ3n) is 2.16. The lowest BCUT2D eigenvalue weighted by Gasteiger charge is -2.06. The second kappa shape index (κ2) is 5.59. The highest BCUT2D eigenvalue weighted by molar-refractivity contribution is 7.99. The third-order valence-corrected chi connectivity index (χ3v) is 3.00. The number of hydrogen-bond acceptors (Lipinski definition) is 5. The first-order chi connectivity index (χ1) is 8.65. The lowest BCUT2D eigenvalue weighted by molar-refractivity contribution is -0.113. The van der Waals surface area contributed by atoms with Crippen molar-refractivity contribution >= 4 is 29.0 Å². The molecule has 1 aromatic heterocycles. The molecule has 2 rings (SSSR count). The molecule has 1 heterocycles. The normalized spacial score (nSPS) is 10.3. The van der Waals surface area contributed by atoms with E-state index in [4.69, 9.17) is 10.2 Å². The van der Waals surface area contributed by atoms with Gasteiger partial charge >= 0.3 is 0 Å². The lowest BCUT2D eigenvalue weighted by atomic mass is 10.3. The summed E-state index contributed by atoms with van der Waals surface area (Å²) in [5, 5.41) is 3.22. The average Bonchev–Trinajstić information content (AvgIpc) is 2.76. The predicted octanol–water partition coefficient (Wildman–Crippen LogP) is 2.30. The van der Waals surface area contributed by atoms with Gasteiger partial charge in [-0.05, 0) is 19.1 Å². The van der Waals surface area contributed by atoms with Crippen molar-refractivity contribution in [2.45, 2.75) is 12.1 Å². The van der Waals surface area contributed by atoms with Gasteiger partial charge in [0.05, 0.1) is 22.8 Å². The van der Waals surface area contributed by atoms with Crippen molar-refractivity contribution in [1.82, 2.24) is 4.98 Å². The number of rotatable bonds is 4. The van der Waals surface area contributed by atoms with Crippen LogP contribution in [-0.4, -0.2) is 16.6 Å². The van der Waals surface area contributed by atoms with Gasteiger partial charge < -0.3 is 15.5 Å². The summed E-state index contributed by atoms with van der Waals surface area (Å²) in [5.41, 5.74) is 7.69. The summed E-state index contributed by atoms with van der Waals surface area (Å²) in [6.07, 6.45) is 1.55. The summed E-state index contributed by atoms with van der Waals surface area (Å²) < 4.78 is 5.14. The smallest absolute Gasteiger partial charge is 0.256 e. The highest BCUT2D eigenvalue weighted by Crippen LogP contribution is 2.19. The lowest BCUT2D eigenvalue weighted by Crippen LogP contribution is -2.15. The first-order valence-corrected chi connectivity index (χ1v) is 6.33. The Morgan fingerprint density at radius 2 is 2.28 bits per heavy atom. The number of nitrogen functional groups attached to an aromatic ring is 1. The molecule has 1 aromatic carbocycles. The second-order valence-electron chi connectivity index (χ2n) is 3.68. The fourth-order valence-corrected chi connectivity index (χ4v) is 1.97. The van der Waals surface area contributed by atoms with Gasteiger partial charge in [-0.1, -0.05) is 23.9 Å². The standard InChI is InChI=1S/C12H13N3O2S/c1-8-6-17-12(14-8)18-7-11(16)15-10-5-3-2-4-9(10)13/h2-6H,7,13H2,1H3,(H,15,16).